The lowest BCUT2D eigenvalue weighted by atomic mass is 10.2. The van der Waals surface area contributed by atoms with Gasteiger partial charge in [-0.2, -0.15) is 5.26 Å². The molecule has 0 bridgehead atoms. The van der Waals surface area contributed by atoms with Gasteiger partial charge in [0, 0.05) is 9.58 Å². The molecule has 2 aromatic rings. The number of thiophene rings is 1. The van der Waals surface area contributed by atoms with E-state index in [-0.39, 0.29) is 0 Å². The first-order valence-corrected chi connectivity index (χ1v) is 4.76. The van der Waals surface area contributed by atoms with E-state index in [0.717, 1.165) is 10.3 Å². The first-order chi connectivity index (χ1) is 6.31. The van der Waals surface area contributed by atoms with Crippen LogP contribution in [0.3, 0.4) is 0 Å². The molecule has 1 atom stereocenters. The zero-order valence-electron chi connectivity index (χ0n) is 6.90. The Labute approximate surface area is 80.2 Å². The Kier molecular flexibility index (Phi) is 2.01. The number of hydrogen-bond donors (Lipinski definition) is 1. The number of fused-ring (bicyclic) bond motifs is 1. The standard InChI is InChI=1S/C10H8N2S/c11-6-8(12)10-5-7-3-1-2-4-9(7)13-10/h1-5,8H,12H2. The van der Waals surface area contributed by atoms with Crippen LogP contribution in [0.15, 0.2) is 30.3 Å². The minimum Gasteiger partial charge on any atom is -0.312 e. The molecule has 0 amide bonds. The molecular formula is C10H8N2S. The highest BCUT2D eigenvalue weighted by Gasteiger charge is 2.07. The minimum absolute atomic E-state index is 0.489. The minimum atomic E-state index is -0.489. The van der Waals surface area contributed by atoms with Crippen molar-refractivity contribution in [3.8, 4) is 6.07 Å². The zero-order chi connectivity index (χ0) is 9.26. The molecule has 1 aromatic carbocycles. The highest BCUT2D eigenvalue weighted by atomic mass is 32.1. The molecule has 0 saturated carbocycles. The number of rotatable bonds is 1. The van der Waals surface area contributed by atoms with Gasteiger partial charge in [0.05, 0.1) is 6.07 Å². The Morgan fingerprint density at radius 2 is 2.15 bits per heavy atom. The van der Waals surface area contributed by atoms with Crippen molar-refractivity contribution in [2.45, 2.75) is 6.04 Å². The zero-order valence-corrected chi connectivity index (χ0v) is 7.71. The summed E-state index contributed by atoms with van der Waals surface area (Å²) in [5.74, 6) is 0. The predicted octanol–water partition coefficient (Wildman–Crippen LogP) is 2.42. The maximum Gasteiger partial charge on any atom is 0.128 e. The summed E-state index contributed by atoms with van der Waals surface area (Å²) in [6, 6.07) is 11.6. The average Bonchev–Trinajstić information content (AvgIpc) is 2.59. The lowest BCUT2D eigenvalue weighted by Gasteiger charge is -1.93. The van der Waals surface area contributed by atoms with Crippen molar-refractivity contribution in [3.63, 3.8) is 0 Å². The third kappa shape index (κ3) is 1.42. The molecule has 1 unspecified atom stereocenters. The summed E-state index contributed by atoms with van der Waals surface area (Å²) < 4.78 is 1.18. The fourth-order valence-corrected chi connectivity index (χ4v) is 2.23. The molecule has 64 valence electrons. The van der Waals surface area contributed by atoms with Crippen LogP contribution in [0.1, 0.15) is 10.9 Å². The van der Waals surface area contributed by atoms with Crippen LogP contribution < -0.4 is 5.73 Å². The second kappa shape index (κ2) is 3.17. The summed E-state index contributed by atoms with van der Waals surface area (Å²) in [7, 11) is 0. The van der Waals surface area contributed by atoms with Crippen LogP contribution in [0.2, 0.25) is 0 Å². The van der Waals surface area contributed by atoms with E-state index in [0.29, 0.717) is 0 Å². The molecule has 0 saturated heterocycles. The van der Waals surface area contributed by atoms with Gasteiger partial charge in [-0.05, 0) is 17.5 Å². The van der Waals surface area contributed by atoms with Gasteiger partial charge >= 0.3 is 0 Å². The molecule has 0 aliphatic carbocycles. The fraction of sp³-hybridized carbons (Fsp3) is 0.100. The summed E-state index contributed by atoms with van der Waals surface area (Å²) in [6.45, 7) is 0. The smallest absolute Gasteiger partial charge is 0.128 e. The summed E-state index contributed by atoms with van der Waals surface area (Å²) in [5.41, 5.74) is 5.61. The van der Waals surface area contributed by atoms with Crippen molar-refractivity contribution in [1.82, 2.24) is 0 Å². The predicted molar refractivity (Wildman–Crippen MR) is 54.4 cm³/mol. The van der Waals surface area contributed by atoms with Crippen LogP contribution in [0.25, 0.3) is 10.1 Å². The van der Waals surface area contributed by atoms with Crippen LogP contribution in [-0.2, 0) is 0 Å². The Hall–Kier alpha value is -1.37. The van der Waals surface area contributed by atoms with E-state index in [4.69, 9.17) is 11.0 Å². The van der Waals surface area contributed by atoms with E-state index in [9.17, 15) is 0 Å². The van der Waals surface area contributed by atoms with Crippen molar-refractivity contribution >= 4 is 21.4 Å². The average molecular weight is 188 g/mol. The Bertz CT molecular complexity index is 434. The largest absolute Gasteiger partial charge is 0.312 e. The van der Waals surface area contributed by atoms with Crippen molar-refractivity contribution in [2.24, 2.45) is 5.73 Å². The van der Waals surface area contributed by atoms with E-state index in [2.05, 4.69) is 0 Å². The number of nitrogens with two attached hydrogens (primary N) is 1. The molecule has 0 fully saturated rings. The van der Waals surface area contributed by atoms with E-state index in [1.165, 1.54) is 4.70 Å². The maximum absolute atomic E-state index is 8.65. The Balaban J connectivity index is 2.57. The highest BCUT2D eigenvalue weighted by Crippen LogP contribution is 2.28. The van der Waals surface area contributed by atoms with E-state index >= 15 is 0 Å². The molecule has 0 aliphatic rings. The van der Waals surface area contributed by atoms with Crippen LogP contribution in [-0.4, -0.2) is 0 Å². The normalized spacial score (nSPS) is 12.6. The third-order valence-corrected chi connectivity index (χ3v) is 3.09. The monoisotopic (exact) mass is 188 g/mol. The van der Waals surface area contributed by atoms with Gasteiger partial charge in [0.15, 0.2) is 0 Å². The van der Waals surface area contributed by atoms with Gasteiger partial charge in [0.1, 0.15) is 6.04 Å². The second-order valence-corrected chi connectivity index (χ2v) is 3.91. The van der Waals surface area contributed by atoms with Crippen molar-refractivity contribution in [1.29, 1.82) is 5.26 Å². The molecule has 2 nitrogen and oxygen atoms in total. The molecule has 0 aliphatic heterocycles. The van der Waals surface area contributed by atoms with Crippen LogP contribution in [0.4, 0.5) is 0 Å². The van der Waals surface area contributed by atoms with Crippen LogP contribution in [0, 0.1) is 11.3 Å². The summed E-state index contributed by atoms with van der Waals surface area (Å²) >= 11 is 1.58. The van der Waals surface area contributed by atoms with Gasteiger partial charge in [-0.25, -0.2) is 0 Å². The molecular weight excluding hydrogens is 180 g/mol. The lowest BCUT2D eigenvalue weighted by molar-refractivity contribution is 0.952. The number of benzene rings is 1. The number of hydrogen-bond acceptors (Lipinski definition) is 3. The SMILES string of the molecule is N#CC(N)c1cc2ccccc2s1. The van der Waals surface area contributed by atoms with Crippen molar-refractivity contribution in [3.05, 3.63) is 35.2 Å². The van der Waals surface area contributed by atoms with Crippen LogP contribution >= 0.6 is 11.3 Å². The first-order valence-electron chi connectivity index (χ1n) is 3.95. The molecule has 2 rings (SSSR count). The number of nitrogens with zero attached hydrogens (tertiary/aromatic N) is 1. The molecule has 1 heterocycles. The van der Waals surface area contributed by atoms with Crippen molar-refractivity contribution < 1.29 is 0 Å². The molecule has 13 heavy (non-hydrogen) atoms. The van der Waals surface area contributed by atoms with Gasteiger partial charge in [-0.3, -0.25) is 0 Å². The van der Waals surface area contributed by atoms with E-state index < -0.39 is 6.04 Å². The van der Waals surface area contributed by atoms with Gasteiger partial charge in [0.2, 0.25) is 0 Å². The summed E-state index contributed by atoms with van der Waals surface area (Å²) in [6.07, 6.45) is 0. The topological polar surface area (TPSA) is 49.8 Å². The summed E-state index contributed by atoms with van der Waals surface area (Å²) in [5, 5.41) is 9.81. The van der Waals surface area contributed by atoms with Gasteiger partial charge in [-0.1, -0.05) is 18.2 Å². The quantitative estimate of drug-likeness (QED) is 0.747. The molecule has 1 aromatic heterocycles. The number of nitriles is 1. The second-order valence-electron chi connectivity index (χ2n) is 2.79. The fourth-order valence-electron chi connectivity index (χ4n) is 1.22. The van der Waals surface area contributed by atoms with Crippen molar-refractivity contribution in [2.75, 3.05) is 0 Å². The van der Waals surface area contributed by atoms with Crippen LogP contribution in [0.5, 0.6) is 0 Å². The molecule has 3 heteroatoms. The molecule has 2 N–H and O–H groups in total. The Morgan fingerprint density at radius 1 is 1.38 bits per heavy atom. The molecule has 0 spiro atoms. The maximum atomic E-state index is 8.65. The van der Waals surface area contributed by atoms with Gasteiger partial charge in [-0.15, -0.1) is 11.3 Å². The summed E-state index contributed by atoms with van der Waals surface area (Å²) in [4.78, 5) is 0.934. The Morgan fingerprint density at radius 3 is 2.85 bits per heavy atom. The molecule has 0 radical (unpaired) electrons. The van der Waals surface area contributed by atoms with Gasteiger partial charge < -0.3 is 5.73 Å². The van der Waals surface area contributed by atoms with Gasteiger partial charge in [0.25, 0.3) is 0 Å². The van der Waals surface area contributed by atoms with E-state index in [1.807, 2.05) is 36.4 Å². The first kappa shape index (κ1) is 8.24. The third-order valence-electron chi connectivity index (χ3n) is 1.89. The van der Waals surface area contributed by atoms with E-state index in [1.54, 1.807) is 11.3 Å². The highest BCUT2D eigenvalue weighted by molar-refractivity contribution is 7.19. The lowest BCUT2D eigenvalue weighted by Crippen LogP contribution is -2.04.